The van der Waals surface area contributed by atoms with E-state index >= 15 is 0 Å². The van der Waals surface area contributed by atoms with Gasteiger partial charge in [-0.05, 0) is 36.4 Å². The first-order valence-electron chi connectivity index (χ1n) is 6.54. The van der Waals surface area contributed by atoms with Gasteiger partial charge in [-0.3, -0.25) is 0 Å². The number of halogens is 2. The third-order valence-corrected chi connectivity index (χ3v) is 3.60. The largest absolute Gasteiger partial charge is 0.437 e. The lowest BCUT2D eigenvalue weighted by atomic mass is 10.3. The molecule has 6 nitrogen and oxygen atoms in total. The molecule has 23 heavy (non-hydrogen) atoms. The van der Waals surface area contributed by atoms with Crippen molar-refractivity contribution in [1.29, 1.82) is 0 Å². The van der Waals surface area contributed by atoms with Gasteiger partial charge in [0.1, 0.15) is 23.6 Å². The number of anilines is 3. The van der Waals surface area contributed by atoms with E-state index < -0.39 is 0 Å². The summed E-state index contributed by atoms with van der Waals surface area (Å²) in [5, 5.41) is 3.55. The Morgan fingerprint density at radius 2 is 1.83 bits per heavy atom. The van der Waals surface area contributed by atoms with E-state index in [0.29, 0.717) is 22.4 Å². The number of pyridine rings is 1. The van der Waals surface area contributed by atoms with Gasteiger partial charge in [0.25, 0.3) is 0 Å². The molecule has 2 heterocycles. The summed E-state index contributed by atoms with van der Waals surface area (Å²) in [6, 6.07) is 10.8. The maximum Gasteiger partial charge on any atom is 0.248 e. The third kappa shape index (κ3) is 3.88. The number of ether oxygens (including phenoxy) is 1. The van der Waals surface area contributed by atoms with Crippen LogP contribution in [0.3, 0.4) is 0 Å². The standard InChI is InChI=1S/C15H11BrClN5O/c16-9-1-4-11(5-2-9)23-15-13(18)14(20-8-21-15)22-12-6-3-10(17)7-19-12/h1-8H,18H2,(H,19,20,21,22). The Kier molecular flexibility index (Phi) is 4.59. The average molecular weight is 393 g/mol. The fourth-order valence-electron chi connectivity index (χ4n) is 1.75. The molecule has 0 aliphatic carbocycles. The van der Waals surface area contributed by atoms with Crippen LogP contribution in [-0.2, 0) is 0 Å². The van der Waals surface area contributed by atoms with E-state index in [0.717, 1.165) is 4.47 Å². The summed E-state index contributed by atoms with van der Waals surface area (Å²) in [7, 11) is 0. The van der Waals surface area contributed by atoms with E-state index in [9.17, 15) is 0 Å². The Hall–Kier alpha value is -2.38. The number of aromatic nitrogens is 3. The van der Waals surface area contributed by atoms with Crippen molar-refractivity contribution in [3.05, 3.63) is 58.4 Å². The van der Waals surface area contributed by atoms with Gasteiger partial charge in [-0.25, -0.2) is 9.97 Å². The van der Waals surface area contributed by atoms with E-state index in [2.05, 4.69) is 36.2 Å². The highest BCUT2D eigenvalue weighted by atomic mass is 79.9. The van der Waals surface area contributed by atoms with Crippen LogP contribution in [0.15, 0.2) is 53.4 Å². The monoisotopic (exact) mass is 391 g/mol. The zero-order valence-electron chi connectivity index (χ0n) is 11.7. The van der Waals surface area contributed by atoms with Gasteiger partial charge in [-0.2, -0.15) is 4.98 Å². The molecule has 3 N–H and O–H groups in total. The second-order valence-electron chi connectivity index (χ2n) is 4.48. The molecular formula is C15H11BrClN5O. The summed E-state index contributed by atoms with van der Waals surface area (Å²) in [4.78, 5) is 12.3. The first-order valence-corrected chi connectivity index (χ1v) is 7.71. The molecular weight excluding hydrogens is 382 g/mol. The maximum absolute atomic E-state index is 6.06. The predicted molar refractivity (Wildman–Crippen MR) is 93.2 cm³/mol. The number of hydrogen-bond acceptors (Lipinski definition) is 6. The molecule has 0 aliphatic rings. The molecule has 0 saturated heterocycles. The second-order valence-corrected chi connectivity index (χ2v) is 5.84. The van der Waals surface area contributed by atoms with Gasteiger partial charge in [0, 0.05) is 10.7 Å². The molecule has 0 spiro atoms. The third-order valence-electron chi connectivity index (χ3n) is 2.85. The number of nitrogens with two attached hydrogens (primary N) is 1. The highest BCUT2D eigenvalue weighted by Gasteiger charge is 2.11. The Morgan fingerprint density at radius 1 is 1.04 bits per heavy atom. The molecule has 0 aliphatic heterocycles. The lowest BCUT2D eigenvalue weighted by molar-refractivity contribution is 0.464. The zero-order valence-corrected chi connectivity index (χ0v) is 14.0. The summed E-state index contributed by atoms with van der Waals surface area (Å²) < 4.78 is 6.64. The minimum Gasteiger partial charge on any atom is -0.437 e. The quantitative estimate of drug-likeness (QED) is 0.684. The van der Waals surface area contributed by atoms with E-state index in [4.69, 9.17) is 22.1 Å². The molecule has 2 aromatic heterocycles. The van der Waals surface area contributed by atoms with Crippen LogP contribution in [-0.4, -0.2) is 15.0 Å². The van der Waals surface area contributed by atoms with E-state index in [1.807, 2.05) is 12.1 Å². The van der Waals surface area contributed by atoms with Crippen LogP contribution in [0.25, 0.3) is 0 Å². The van der Waals surface area contributed by atoms with E-state index in [-0.39, 0.29) is 11.6 Å². The van der Waals surface area contributed by atoms with Crippen molar-refractivity contribution in [2.24, 2.45) is 0 Å². The van der Waals surface area contributed by atoms with Gasteiger partial charge in [-0.15, -0.1) is 0 Å². The number of nitrogens with zero attached hydrogens (tertiary/aromatic N) is 3. The topological polar surface area (TPSA) is 86.0 Å². The van der Waals surface area contributed by atoms with E-state index in [1.165, 1.54) is 12.5 Å². The average Bonchev–Trinajstić information content (AvgIpc) is 2.55. The Balaban J connectivity index is 1.83. The molecule has 0 fully saturated rings. The normalized spacial score (nSPS) is 10.3. The van der Waals surface area contributed by atoms with Crippen LogP contribution in [0.4, 0.5) is 17.3 Å². The van der Waals surface area contributed by atoms with Crippen molar-refractivity contribution in [2.75, 3.05) is 11.1 Å². The molecule has 0 atom stereocenters. The fourth-order valence-corrected chi connectivity index (χ4v) is 2.12. The van der Waals surface area contributed by atoms with E-state index in [1.54, 1.807) is 24.3 Å². The Morgan fingerprint density at radius 3 is 2.52 bits per heavy atom. The fraction of sp³-hybridized carbons (Fsp3) is 0. The molecule has 8 heteroatoms. The smallest absolute Gasteiger partial charge is 0.248 e. The molecule has 0 saturated carbocycles. The Bertz CT molecular complexity index is 745. The van der Waals surface area contributed by atoms with Crippen LogP contribution in [0.5, 0.6) is 11.6 Å². The molecule has 3 rings (SSSR count). The lowest BCUT2D eigenvalue weighted by Gasteiger charge is -2.11. The number of nitrogen functional groups attached to an aromatic ring is 1. The number of nitrogens with one attached hydrogen (secondary N) is 1. The molecule has 0 bridgehead atoms. The van der Waals surface area contributed by atoms with Crippen LogP contribution in [0, 0.1) is 0 Å². The van der Waals surface area contributed by atoms with Crippen LogP contribution >= 0.6 is 27.5 Å². The number of benzene rings is 1. The molecule has 116 valence electrons. The van der Waals surface area contributed by atoms with Gasteiger partial charge < -0.3 is 15.8 Å². The van der Waals surface area contributed by atoms with Gasteiger partial charge in [0.15, 0.2) is 5.82 Å². The second kappa shape index (κ2) is 6.80. The highest BCUT2D eigenvalue weighted by molar-refractivity contribution is 9.10. The predicted octanol–water partition coefficient (Wildman–Crippen LogP) is 4.41. The molecule has 1 aromatic carbocycles. The van der Waals surface area contributed by atoms with Crippen molar-refractivity contribution in [2.45, 2.75) is 0 Å². The maximum atomic E-state index is 6.06. The number of hydrogen-bond donors (Lipinski definition) is 2. The van der Waals surface area contributed by atoms with Crippen molar-refractivity contribution >= 4 is 44.9 Å². The van der Waals surface area contributed by atoms with Gasteiger partial charge in [0.2, 0.25) is 5.88 Å². The SMILES string of the molecule is Nc1c(Nc2ccc(Cl)cn2)ncnc1Oc1ccc(Br)cc1. The van der Waals surface area contributed by atoms with Crippen LogP contribution in [0.1, 0.15) is 0 Å². The minimum atomic E-state index is 0.263. The Labute approximate surface area is 145 Å². The van der Waals surface area contributed by atoms with Gasteiger partial charge in [-0.1, -0.05) is 27.5 Å². The molecule has 0 unspecified atom stereocenters. The lowest BCUT2D eigenvalue weighted by Crippen LogP contribution is -2.03. The van der Waals surface area contributed by atoms with Crippen molar-refractivity contribution in [3.63, 3.8) is 0 Å². The summed E-state index contributed by atoms with van der Waals surface area (Å²) in [6.07, 6.45) is 2.89. The summed E-state index contributed by atoms with van der Waals surface area (Å²) in [6.45, 7) is 0. The van der Waals surface area contributed by atoms with Crippen LogP contribution in [0.2, 0.25) is 5.02 Å². The van der Waals surface area contributed by atoms with Crippen molar-refractivity contribution < 1.29 is 4.74 Å². The molecule has 0 amide bonds. The first kappa shape index (κ1) is 15.5. The summed E-state index contributed by atoms with van der Waals surface area (Å²) in [5.74, 6) is 1.85. The summed E-state index contributed by atoms with van der Waals surface area (Å²) in [5.41, 5.74) is 6.35. The molecule has 0 radical (unpaired) electrons. The first-order chi connectivity index (χ1) is 11.1. The van der Waals surface area contributed by atoms with Crippen molar-refractivity contribution in [1.82, 2.24) is 15.0 Å². The summed E-state index contributed by atoms with van der Waals surface area (Å²) >= 11 is 9.18. The molecule has 3 aromatic rings. The van der Waals surface area contributed by atoms with Crippen molar-refractivity contribution in [3.8, 4) is 11.6 Å². The van der Waals surface area contributed by atoms with Crippen LogP contribution < -0.4 is 15.8 Å². The zero-order chi connectivity index (χ0) is 16.2. The minimum absolute atomic E-state index is 0.263. The number of rotatable bonds is 4. The van der Waals surface area contributed by atoms with Gasteiger partial charge in [0.05, 0.1) is 5.02 Å². The highest BCUT2D eigenvalue weighted by Crippen LogP contribution is 2.31. The van der Waals surface area contributed by atoms with Gasteiger partial charge >= 0.3 is 0 Å².